The fraction of sp³-hybridized carbons (Fsp3) is 0.500. The van der Waals surface area contributed by atoms with E-state index >= 15 is 0 Å². The van der Waals surface area contributed by atoms with Crippen molar-refractivity contribution in [2.75, 3.05) is 13.1 Å². The Morgan fingerprint density at radius 2 is 1.85 bits per heavy atom. The predicted molar refractivity (Wildman–Crippen MR) is 71.2 cm³/mol. The molecular formula is C14H19F3N2O. The first kappa shape index (κ1) is 16.5. The highest BCUT2D eigenvalue weighted by molar-refractivity contribution is 5.83. The first-order chi connectivity index (χ1) is 9.44. The molecule has 0 fully saturated rings. The van der Waals surface area contributed by atoms with E-state index in [0.717, 1.165) is 5.56 Å². The van der Waals surface area contributed by atoms with E-state index < -0.39 is 18.5 Å². The van der Waals surface area contributed by atoms with Crippen molar-refractivity contribution in [3.63, 3.8) is 0 Å². The molecule has 112 valence electrons. The first-order valence-electron chi connectivity index (χ1n) is 6.53. The summed E-state index contributed by atoms with van der Waals surface area (Å²) in [6.45, 7) is 0.399. The largest absolute Gasteiger partial charge is 0.389 e. The molecule has 1 aromatic rings. The molecule has 6 heteroatoms. The molecule has 1 rings (SSSR count). The molecule has 0 saturated heterocycles. The number of carbonyl (C=O) groups excluding carboxylic acids is 1. The van der Waals surface area contributed by atoms with Gasteiger partial charge in [-0.1, -0.05) is 30.3 Å². The van der Waals surface area contributed by atoms with Crippen molar-refractivity contribution in [2.24, 2.45) is 5.73 Å². The van der Waals surface area contributed by atoms with E-state index in [2.05, 4.69) is 5.32 Å². The van der Waals surface area contributed by atoms with Crippen LogP contribution in [0.1, 0.15) is 30.7 Å². The number of alkyl halides is 3. The number of amides is 1. The van der Waals surface area contributed by atoms with Crippen molar-refractivity contribution >= 4 is 5.91 Å². The monoisotopic (exact) mass is 288 g/mol. The average molecular weight is 288 g/mol. The zero-order valence-electron chi connectivity index (χ0n) is 11.1. The summed E-state index contributed by atoms with van der Waals surface area (Å²) < 4.78 is 35.8. The van der Waals surface area contributed by atoms with Gasteiger partial charge in [-0.05, 0) is 18.4 Å². The van der Waals surface area contributed by atoms with Crippen molar-refractivity contribution in [1.29, 1.82) is 0 Å². The fourth-order valence-electron chi connectivity index (χ4n) is 1.87. The van der Waals surface area contributed by atoms with Gasteiger partial charge in [0.05, 0.1) is 5.92 Å². The van der Waals surface area contributed by atoms with Gasteiger partial charge in [0.15, 0.2) is 0 Å². The molecule has 0 aliphatic carbocycles. The number of nitrogens with one attached hydrogen (secondary N) is 1. The van der Waals surface area contributed by atoms with Crippen LogP contribution < -0.4 is 11.1 Å². The second-order valence-corrected chi connectivity index (χ2v) is 4.56. The second-order valence-electron chi connectivity index (χ2n) is 4.56. The number of hydrogen-bond donors (Lipinski definition) is 2. The molecule has 0 aromatic heterocycles. The highest BCUT2D eigenvalue weighted by Gasteiger charge is 2.26. The summed E-state index contributed by atoms with van der Waals surface area (Å²) >= 11 is 0. The van der Waals surface area contributed by atoms with Crippen LogP contribution in [-0.4, -0.2) is 25.2 Å². The fourth-order valence-corrected chi connectivity index (χ4v) is 1.87. The van der Waals surface area contributed by atoms with Crippen LogP contribution in [0.5, 0.6) is 0 Å². The van der Waals surface area contributed by atoms with Gasteiger partial charge < -0.3 is 11.1 Å². The van der Waals surface area contributed by atoms with Gasteiger partial charge in [0, 0.05) is 19.5 Å². The van der Waals surface area contributed by atoms with Gasteiger partial charge in [0.2, 0.25) is 5.91 Å². The summed E-state index contributed by atoms with van der Waals surface area (Å²) in [5, 5.41) is 2.63. The highest BCUT2D eigenvalue weighted by Crippen LogP contribution is 2.22. The molecule has 0 saturated carbocycles. The molecule has 0 radical (unpaired) electrons. The van der Waals surface area contributed by atoms with Crippen LogP contribution in [0.25, 0.3) is 0 Å². The van der Waals surface area contributed by atoms with E-state index in [4.69, 9.17) is 5.73 Å². The maximum absolute atomic E-state index is 11.9. The van der Waals surface area contributed by atoms with E-state index in [-0.39, 0.29) is 25.4 Å². The summed E-state index contributed by atoms with van der Waals surface area (Å²) in [7, 11) is 0. The Labute approximate surface area is 116 Å². The predicted octanol–water partition coefficient (Wildman–Crippen LogP) is 2.58. The minimum absolute atomic E-state index is 0.0163. The topological polar surface area (TPSA) is 55.1 Å². The molecular weight excluding hydrogens is 269 g/mol. The van der Waals surface area contributed by atoms with Crippen LogP contribution in [0, 0.1) is 0 Å². The molecule has 0 heterocycles. The Morgan fingerprint density at radius 1 is 1.20 bits per heavy atom. The van der Waals surface area contributed by atoms with Crippen LogP contribution in [0.2, 0.25) is 0 Å². The van der Waals surface area contributed by atoms with Gasteiger partial charge in [-0.15, -0.1) is 0 Å². The van der Waals surface area contributed by atoms with Crippen LogP contribution in [0.15, 0.2) is 30.3 Å². The average Bonchev–Trinajstić information content (AvgIpc) is 2.39. The molecule has 3 N–H and O–H groups in total. The number of hydrogen-bond acceptors (Lipinski definition) is 2. The lowest BCUT2D eigenvalue weighted by Crippen LogP contribution is -2.34. The first-order valence-corrected chi connectivity index (χ1v) is 6.53. The molecule has 1 amide bonds. The van der Waals surface area contributed by atoms with E-state index in [1.807, 2.05) is 18.2 Å². The van der Waals surface area contributed by atoms with Gasteiger partial charge >= 0.3 is 6.18 Å². The van der Waals surface area contributed by atoms with E-state index in [1.165, 1.54) is 0 Å². The number of unbranched alkanes of at least 4 members (excludes halogenated alkanes) is 1. The zero-order valence-corrected chi connectivity index (χ0v) is 11.1. The number of benzene rings is 1. The van der Waals surface area contributed by atoms with Crippen LogP contribution in [-0.2, 0) is 4.79 Å². The zero-order chi connectivity index (χ0) is 15.0. The summed E-state index contributed by atoms with van der Waals surface area (Å²) in [4.78, 5) is 11.9. The summed E-state index contributed by atoms with van der Waals surface area (Å²) in [5.41, 5.74) is 6.39. The van der Waals surface area contributed by atoms with Gasteiger partial charge in [0.1, 0.15) is 0 Å². The quantitative estimate of drug-likeness (QED) is 0.758. The second kappa shape index (κ2) is 7.89. The van der Waals surface area contributed by atoms with Gasteiger partial charge in [-0.25, -0.2) is 0 Å². The Morgan fingerprint density at radius 3 is 2.40 bits per heavy atom. The SMILES string of the molecule is NCC(C(=O)NCCCCC(F)(F)F)c1ccccc1. The number of carbonyl (C=O) groups is 1. The Balaban J connectivity index is 2.34. The standard InChI is InChI=1S/C14H19F3N2O/c15-14(16,17)8-4-5-9-19-13(20)12(10-18)11-6-2-1-3-7-11/h1-3,6-7,12H,4-5,8-10,18H2,(H,19,20). The third-order valence-electron chi connectivity index (χ3n) is 2.94. The van der Waals surface area contributed by atoms with Crippen molar-refractivity contribution < 1.29 is 18.0 Å². The van der Waals surface area contributed by atoms with Crippen molar-refractivity contribution in [2.45, 2.75) is 31.4 Å². The minimum Gasteiger partial charge on any atom is -0.356 e. The smallest absolute Gasteiger partial charge is 0.356 e. The third kappa shape index (κ3) is 6.06. The molecule has 0 aliphatic rings. The highest BCUT2D eigenvalue weighted by atomic mass is 19.4. The van der Waals surface area contributed by atoms with Gasteiger partial charge in [-0.2, -0.15) is 13.2 Å². The Hall–Kier alpha value is -1.56. The number of rotatable bonds is 7. The van der Waals surface area contributed by atoms with Gasteiger partial charge in [0.25, 0.3) is 0 Å². The van der Waals surface area contributed by atoms with Crippen molar-refractivity contribution in [1.82, 2.24) is 5.32 Å². The Bertz CT molecular complexity index is 407. The van der Waals surface area contributed by atoms with Crippen molar-refractivity contribution in [3.05, 3.63) is 35.9 Å². The van der Waals surface area contributed by atoms with Gasteiger partial charge in [-0.3, -0.25) is 4.79 Å². The van der Waals surface area contributed by atoms with E-state index in [1.54, 1.807) is 12.1 Å². The summed E-state index contributed by atoms with van der Waals surface area (Å²) in [6, 6.07) is 9.08. The Kier molecular flexibility index (Phi) is 6.51. The molecule has 1 atom stereocenters. The summed E-state index contributed by atoms with van der Waals surface area (Å²) in [6.07, 6.45) is -4.63. The minimum atomic E-state index is -4.13. The van der Waals surface area contributed by atoms with E-state index in [9.17, 15) is 18.0 Å². The maximum atomic E-state index is 11.9. The molecule has 20 heavy (non-hydrogen) atoms. The molecule has 1 aromatic carbocycles. The molecule has 3 nitrogen and oxygen atoms in total. The van der Waals surface area contributed by atoms with Crippen molar-refractivity contribution in [3.8, 4) is 0 Å². The number of halogens is 3. The lowest BCUT2D eigenvalue weighted by atomic mass is 9.98. The van der Waals surface area contributed by atoms with Crippen LogP contribution >= 0.6 is 0 Å². The van der Waals surface area contributed by atoms with Crippen LogP contribution in [0.3, 0.4) is 0 Å². The molecule has 0 bridgehead atoms. The maximum Gasteiger partial charge on any atom is 0.389 e. The summed E-state index contributed by atoms with van der Waals surface area (Å²) in [5.74, 6) is -0.704. The molecule has 1 unspecified atom stereocenters. The third-order valence-corrected chi connectivity index (χ3v) is 2.94. The molecule has 0 aliphatic heterocycles. The van der Waals surface area contributed by atoms with E-state index in [0.29, 0.717) is 6.42 Å². The normalized spacial score (nSPS) is 13.0. The lowest BCUT2D eigenvalue weighted by molar-refractivity contribution is -0.135. The van der Waals surface area contributed by atoms with Crippen LogP contribution in [0.4, 0.5) is 13.2 Å². The molecule has 0 spiro atoms. The number of nitrogens with two attached hydrogens (primary N) is 1. The lowest BCUT2D eigenvalue weighted by Gasteiger charge is -2.15.